The van der Waals surface area contributed by atoms with Crippen LogP contribution in [0.15, 0.2) is 23.1 Å². The van der Waals surface area contributed by atoms with Gasteiger partial charge in [0.05, 0.1) is 15.5 Å². The third-order valence-electron chi connectivity index (χ3n) is 3.79. The van der Waals surface area contributed by atoms with Crippen molar-refractivity contribution in [2.45, 2.75) is 30.0 Å². The number of halogens is 5. The largest absolute Gasteiger partial charge is 0.417 e. The van der Waals surface area contributed by atoms with Gasteiger partial charge in [-0.1, -0.05) is 11.6 Å². The van der Waals surface area contributed by atoms with Crippen LogP contribution in [-0.4, -0.2) is 32.4 Å². The molecule has 1 aromatic carbocycles. The fourth-order valence-electron chi connectivity index (χ4n) is 2.35. The number of nitrogens with zero attached hydrogens (tertiary/aromatic N) is 1. The van der Waals surface area contributed by atoms with Gasteiger partial charge in [-0.2, -0.15) is 17.5 Å². The first-order chi connectivity index (χ1) is 10.1. The van der Waals surface area contributed by atoms with Crippen LogP contribution >= 0.6 is 24.0 Å². The van der Waals surface area contributed by atoms with Gasteiger partial charge in [-0.05, 0) is 37.0 Å². The van der Waals surface area contributed by atoms with Crippen molar-refractivity contribution in [3.63, 3.8) is 0 Å². The normalized spacial score (nSPS) is 17.0. The van der Waals surface area contributed by atoms with Crippen LogP contribution in [0.4, 0.5) is 13.2 Å². The summed E-state index contributed by atoms with van der Waals surface area (Å²) in [5.41, 5.74) is 4.44. The van der Waals surface area contributed by atoms with Crippen LogP contribution < -0.4 is 5.73 Å². The highest BCUT2D eigenvalue weighted by Gasteiger charge is 2.39. The number of sulfonamides is 1. The van der Waals surface area contributed by atoms with Gasteiger partial charge in [0.2, 0.25) is 10.0 Å². The van der Waals surface area contributed by atoms with E-state index in [2.05, 4.69) is 0 Å². The van der Waals surface area contributed by atoms with Gasteiger partial charge in [-0.3, -0.25) is 0 Å². The minimum Gasteiger partial charge on any atom is -0.329 e. The van der Waals surface area contributed by atoms with Crippen LogP contribution in [0.3, 0.4) is 0 Å². The Balaban J connectivity index is 0.00000264. The molecule has 2 rings (SSSR count). The molecule has 0 bridgehead atoms. The van der Waals surface area contributed by atoms with E-state index in [0.29, 0.717) is 6.07 Å². The van der Waals surface area contributed by atoms with Gasteiger partial charge in [-0.25, -0.2) is 8.42 Å². The second kappa shape index (κ2) is 7.14. The third-order valence-corrected chi connectivity index (χ3v) is 6.00. The predicted molar refractivity (Wildman–Crippen MR) is 84.2 cm³/mol. The van der Waals surface area contributed by atoms with E-state index in [1.165, 1.54) is 7.05 Å². The van der Waals surface area contributed by atoms with Crippen LogP contribution in [0.5, 0.6) is 0 Å². The number of likely N-dealkylation sites (N-methyl/N-ethyl adjacent to an activating group) is 1. The van der Waals surface area contributed by atoms with Crippen molar-refractivity contribution in [2.24, 2.45) is 11.7 Å². The van der Waals surface area contributed by atoms with E-state index in [1.807, 2.05) is 0 Å². The summed E-state index contributed by atoms with van der Waals surface area (Å²) in [5.74, 6) is 0.166. The third kappa shape index (κ3) is 4.30. The van der Waals surface area contributed by atoms with Crippen molar-refractivity contribution in [3.05, 3.63) is 28.8 Å². The zero-order valence-electron chi connectivity index (χ0n) is 12.2. The summed E-state index contributed by atoms with van der Waals surface area (Å²) < 4.78 is 64.7. The fraction of sp³-hybridized carbons (Fsp3) is 0.538. The van der Waals surface area contributed by atoms with E-state index in [-0.39, 0.29) is 24.9 Å². The number of hydrogen-bond acceptors (Lipinski definition) is 3. The lowest BCUT2D eigenvalue weighted by molar-refractivity contribution is -0.137. The van der Waals surface area contributed by atoms with Gasteiger partial charge < -0.3 is 5.73 Å². The Labute approximate surface area is 144 Å². The minimum absolute atomic E-state index is 0. The number of hydrogen-bond donors (Lipinski definition) is 1. The maximum atomic E-state index is 12.9. The van der Waals surface area contributed by atoms with E-state index in [4.69, 9.17) is 17.3 Å². The first kappa shape index (κ1) is 20.5. The molecule has 10 heteroatoms. The van der Waals surface area contributed by atoms with Gasteiger partial charge in [0.15, 0.2) is 0 Å². The summed E-state index contributed by atoms with van der Waals surface area (Å²) in [7, 11) is -2.72. The van der Waals surface area contributed by atoms with Crippen LogP contribution in [0.1, 0.15) is 18.4 Å². The van der Waals surface area contributed by atoms with Crippen molar-refractivity contribution in [1.29, 1.82) is 0 Å². The number of benzene rings is 1. The molecule has 1 fully saturated rings. The molecule has 23 heavy (non-hydrogen) atoms. The molecular formula is C13H17Cl2F3N2O2S. The molecule has 0 spiro atoms. The molecule has 0 heterocycles. The fourth-order valence-corrected chi connectivity index (χ4v) is 4.02. The molecule has 1 unspecified atom stereocenters. The zero-order chi connectivity index (χ0) is 16.7. The van der Waals surface area contributed by atoms with Crippen LogP contribution in [0.2, 0.25) is 5.02 Å². The molecule has 132 valence electrons. The van der Waals surface area contributed by atoms with E-state index in [0.717, 1.165) is 29.3 Å². The molecule has 0 amide bonds. The van der Waals surface area contributed by atoms with Crippen LogP contribution in [0, 0.1) is 5.92 Å². The van der Waals surface area contributed by atoms with Crippen molar-refractivity contribution in [3.8, 4) is 0 Å². The summed E-state index contributed by atoms with van der Waals surface area (Å²) in [6.45, 7) is 0.125. The standard InChI is InChI=1S/C13H16ClF3N2O2S.ClH/c1-19(12(7-18)8-2-3-8)22(20,21)9-4-5-11(14)10(6-9)13(15,16)17;/h4-6,8,12H,2-3,7,18H2,1H3;1H. The topological polar surface area (TPSA) is 63.4 Å². The van der Waals surface area contributed by atoms with Gasteiger partial charge >= 0.3 is 6.18 Å². The van der Waals surface area contributed by atoms with E-state index in [9.17, 15) is 21.6 Å². The smallest absolute Gasteiger partial charge is 0.329 e. The average Bonchev–Trinajstić information content (AvgIpc) is 3.23. The summed E-state index contributed by atoms with van der Waals surface area (Å²) >= 11 is 5.51. The Morgan fingerprint density at radius 2 is 1.96 bits per heavy atom. The molecular weight excluding hydrogens is 376 g/mol. The molecule has 2 N–H and O–H groups in total. The first-order valence-electron chi connectivity index (χ1n) is 6.64. The van der Waals surface area contributed by atoms with Gasteiger partial charge in [0, 0.05) is 19.6 Å². The van der Waals surface area contributed by atoms with Crippen molar-refractivity contribution in [2.75, 3.05) is 13.6 Å². The highest BCUT2D eigenvalue weighted by molar-refractivity contribution is 7.89. The first-order valence-corrected chi connectivity index (χ1v) is 8.45. The monoisotopic (exact) mass is 392 g/mol. The van der Waals surface area contributed by atoms with Gasteiger partial charge in [-0.15, -0.1) is 12.4 Å². The Morgan fingerprint density at radius 1 is 1.39 bits per heavy atom. The number of nitrogens with two attached hydrogens (primary N) is 1. The Morgan fingerprint density at radius 3 is 2.39 bits per heavy atom. The van der Waals surface area contributed by atoms with Gasteiger partial charge in [0.25, 0.3) is 0 Å². The van der Waals surface area contributed by atoms with Crippen LogP contribution in [0.25, 0.3) is 0 Å². The SMILES string of the molecule is CN(C(CN)C1CC1)S(=O)(=O)c1ccc(Cl)c(C(F)(F)F)c1.Cl. The van der Waals surface area contributed by atoms with Crippen molar-refractivity contribution >= 4 is 34.0 Å². The quantitative estimate of drug-likeness (QED) is 0.836. The molecule has 1 aliphatic carbocycles. The summed E-state index contributed by atoms with van der Waals surface area (Å²) in [5, 5.41) is -0.535. The summed E-state index contributed by atoms with van der Waals surface area (Å²) in [6, 6.07) is 2.17. The maximum absolute atomic E-state index is 12.9. The van der Waals surface area contributed by atoms with Crippen molar-refractivity contribution < 1.29 is 21.6 Å². The van der Waals surface area contributed by atoms with Crippen molar-refractivity contribution in [1.82, 2.24) is 4.31 Å². The zero-order valence-corrected chi connectivity index (χ0v) is 14.6. The summed E-state index contributed by atoms with van der Waals surface area (Å²) in [4.78, 5) is -0.439. The Hall–Kier alpha value is -0.540. The Bertz CT molecular complexity index is 664. The molecule has 1 aliphatic rings. The van der Waals surface area contributed by atoms with Crippen LogP contribution in [-0.2, 0) is 16.2 Å². The highest BCUT2D eigenvalue weighted by Crippen LogP contribution is 2.38. The van der Waals surface area contributed by atoms with E-state index >= 15 is 0 Å². The number of rotatable bonds is 5. The van der Waals surface area contributed by atoms with E-state index in [1.54, 1.807) is 0 Å². The predicted octanol–water partition coefficient (Wildman–Crippen LogP) is 3.14. The molecule has 0 saturated heterocycles. The molecule has 1 saturated carbocycles. The van der Waals surface area contributed by atoms with Gasteiger partial charge in [0.1, 0.15) is 0 Å². The lowest BCUT2D eigenvalue weighted by Gasteiger charge is -2.26. The molecule has 1 atom stereocenters. The molecule has 0 aromatic heterocycles. The number of alkyl halides is 3. The lowest BCUT2D eigenvalue weighted by Crippen LogP contribution is -2.43. The van der Waals surface area contributed by atoms with E-state index < -0.39 is 37.7 Å². The maximum Gasteiger partial charge on any atom is 0.417 e. The molecule has 4 nitrogen and oxygen atoms in total. The minimum atomic E-state index is -4.72. The Kier molecular flexibility index (Phi) is 6.37. The lowest BCUT2D eigenvalue weighted by atomic mass is 10.2. The molecule has 0 aliphatic heterocycles. The second-order valence-electron chi connectivity index (χ2n) is 5.30. The average molecular weight is 393 g/mol. The second-order valence-corrected chi connectivity index (χ2v) is 7.71. The summed E-state index contributed by atoms with van der Waals surface area (Å²) in [6.07, 6.45) is -2.97. The highest BCUT2D eigenvalue weighted by atomic mass is 35.5. The molecule has 0 radical (unpaired) electrons. The molecule has 1 aromatic rings.